The molecule has 10 nitrogen and oxygen atoms in total. The summed E-state index contributed by atoms with van der Waals surface area (Å²) in [4.78, 5) is 23.1. The minimum atomic E-state index is -3.77. The van der Waals surface area contributed by atoms with Gasteiger partial charge in [0.1, 0.15) is 0 Å². The molecule has 204 valence electrons. The first-order valence-corrected chi connectivity index (χ1v) is 13.9. The van der Waals surface area contributed by atoms with E-state index in [1.165, 1.54) is 11.1 Å². The lowest BCUT2D eigenvalue weighted by atomic mass is 10.1. The minimum Gasteiger partial charge on any atom is -0.434 e. The largest absolute Gasteiger partial charge is 0.508 e. The maximum Gasteiger partial charge on any atom is 0.508 e. The van der Waals surface area contributed by atoms with E-state index in [1.807, 2.05) is 60.7 Å². The number of aryl methyl sites for hydroxylation is 2. The first-order valence-electron chi connectivity index (χ1n) is 12.3. The summed E-state index contributed by atoms with van der Waals surface area (Å²) in [5.41, 5.74) is 7.85. The van der Waals surface area contributed by atoms with E-state index in [9.17, 15) is 14.2 Å². The van der Waals surface area contributed by atoms with Gasteiger partial charge in [0.15, 0.2) is 0 Å². The van der Waals surface area contributed by atoms with Crippen molar-refractivity contribution >= 4 is 20.1 Å². The minimum absolute atomic E-state index is 0.0266. The molecule has 0 heterocycles. The molecule has 11 heteroatoms. The van der Waals surface area contributed by atoms with Crippen LogP contribution >= 0.6 is 7.75 Å². The molecule has 0 spiro atoms. The normalized spacial score (nSPS) is 11.1. The zero-order valence-electron chi connectivity index (χ0n) is 21.0. The number of benzene rings is 2. The Kier molecular flexibility index (Phi) is 15.0. The molecule has 0 aliphatic rings. The van der Waals surface area contributed by atoms with Crippen LogP contribution in [-0.2, 0) is 45.4 Å². The molecule has 0 fully saturated rings. The van der Waals surface area contributed by atoms with Crippen molar-refractivity contribution in [3.05, 3.63) is 71.8 Å². The van der Waals surface area contributed by atoms with Gasteiger partial charge < -0.3 is 18.9 Å². The lowest BCUT2D eigenvalue weighted by Gasteiger charge is -2.13. The van der Waals surface area contributed by atoms with Crippen LogP contribution in [0.15, 0.2) is 60.7 Å². The molecule has 0 aliphatic heterocycles. The van der Waals surface area contributed by atoms with Crippen LogP contribution in [0, 0.1) is 0 Å². The average molecular weight is 538 g/mol. The first-order chi connectivity index (χ1) is 17.9. The summed E-state index contributed by atoms with van der Waals surface area (Å²) in [7, 11) is -3.77. The molecule has 0 radical (unpaired) electrons. The third kappa shape index (κ3) is 15.7. The van der Waals surface area contributed by atoms with Gasteiger partial charge in [0.05, 0.1) is 39.6 Å². The molecule has 0 saturated heterocycles. The summed E-state index contributed by atoms with van der Waals surface area (Å²) in [6.07, 6.45) is 1.99. The quantitative estimate of drug-likeness (QED) is 0.149. The fourth-order valence-corrected chi connectivity index (χ4v) is 3.93. The van der Waals surface area contributed by atoms with Gasteiger partial charge in [-0.05, 0) is 36.8 Å². The first kappa shape index (κ1) is 30.3. The van der Waals surface area contributed by atoms with Crippen molar-refractivity contribution in [2.75, 3.05) is 39.6 Å². The molecular formula is C26H36NO9P. The summed E-state index contributed by atoms with van der Waals surface area (Å²) in [5.74, 6) is 0. The van der Waals surface area contributed by atoms with Gasteiger partial charge in [-0.15, -0.1) is 0 Å². The maximum atomic E-state index is 12.1. The van der Waals surface area contributed by atoms with Crippen molar-refractivity contribution in [3.63, 3.8) is 0 Å². The number of carbonyl (C=O) groups is 2. The number of carbonyl (C=O) groups excluding carboxylic acids is 2. The molecule has 2 rings (SSSR count). The maximum absolute atomic E-state index is 12.1. The van der Waals surface area contributed by atoms with Gasteiger partial charge in [0.2, 0.25) is 0 Å². The van der Waals surface area contributed by atoms with Crippen LogP contribution in [-0.4, -0.2) is 52.0 Å². The highest BCUT2D eigenvalue weighted by Crippen LogP contribution is 2.38. The van der Waals surface area contributed by atoms with Crippen molar-refractivity contribution in [1.29, 1.82) is 0 Å². The van der Waals surface area contributed by atoms with Gasteiger partial charge in [0.25, 0.3) is 0 Å². The summed E-state index contributed by atoms with van der Waals surface area (Å²) in [6.45, 7) is 0.511. The van der Waals surface area contributed by atoms with E-state index in [1.54, 1.807) is 0 Å². The van der Waals surface area contributed by atoms with E-state index in [-0.39, 0.29) is 52.5 Å². The van der Waals surface area contributed by atoms with Gasteiger partial charge in [-0.3, -0.25) is 9.05 Å². The molecule has 2 aromatic rings. The zero-order chi connectivity index (χ0) is 26.6. The Bertz CT molecular complexity index is 870. The lowest BCUT2D eigenvalue weighted by Crippen LogP contribution is -2.13. The molecule has 0 bridgehead atoms. The summed E-state index contributed by atoms with van der Waals surface area (Å²) >= 11 is 0. The fourth-order valence-electron chi connectivity index (χ4n) is 3.09. The number of hydrogen-bond donors (Lipinski definition) is 1. The van der Waals surface area contributed by atoms with E-state index in [2.05, 4.69) is 0 Å². The van der Waals surface area contributed by atoms with Gasteiger partial charge in [0, 0.05) is 12.8 Å². The van der Waals surface area contributed by atoms with Crippen molar-refractivity contribution in [2.45, 2.75) is 38.5 Å². The second-order valence-electron chi connectivity index (χ2n) is 7.99. The predicted octanol–water partition coefficient (Wildman–Crippen LogP) is 5.44. The van der Waals surface area contributed by atoms with Crippen LogP contribution in [0.2, 0.25) is 0 Å². The molecule has 2 aromatic carbocycles. The third-order valence-corrected chi connectivity index (χ3v) is 5.99. The number of rotatable bonds is 18. The van der Waals surface area contributed by atoms with Crippen LogP contribution < -0.4 is 5.50 Å². The Labute approximate surface area is 217 Å². The monoisotopic (exact) mass is 537 g/mol. The average Bonchev–Trinajstić information content (AvgIpc) is 2.90. The zero-order valence-corrected chi connectivity index (χ0v) is 21.9. The molecule has 0 saturated carbocycles. The van der Waals surface area contributed by atoms with Gasteiger partial charge in [-0.1, -0.05) is 60.7 Å². The van der Waals surface area contributed by atoms with Crippen LogP contribution in [0.3, 0.4) is 0 Å². The molecule has 0 aromatic heterocycles. The van der Waals surface area contributed by atoms with Crippen molar-refractivity contribution in [2.24, 2.45) is 5.50 Å². The standard InChI is InChI=1S/C26H36NO9P/c27-37(30,35-21-9-19-33-25(28)31-17-7-15-23-11-3-1-4-12-23)36-22-10-20-34-26(29)32-18-8-16-24-13-5-2-6-14-24/h1-6,11-14H,7-10,15-22H2,(H2,27,30). The Morgan fingerprint density at radius 2 is 0.919 bits per heavy atom. The fraction of sp³-hybridized carbons (Fsp3) is 0.462. The van der Waals surface area contributed by atoms with Gasteiger partial charge in [-0.2, -0.15) is 0 Å². The molecule has 37 heavy (non-hydrogen) atoms. The van der Waals surface area contributed by atoms with E-state index >= 15 is 0 Å². The summed E-state index contributed by atoms with van der Waals surface area (Å²) in [5, 5.41) is 0. The Morgan fingerprint density at radius 1 is 0.568 bits per heavy atom. The topological polar surface area (TPSA) is 133 Å². The van der Waals surface area contributed by atoms with E-state index in [0.29, 0.717) is 12.8 Å². The van der Waals surface area contributed by atoms with Crippen LogP contribution in [0.25, 0.3) is 0 Å². The molecule has 0 amide bonds. The summed E-state index contributed by atoms with van der Waals surface area (Å²) < 4.78 is 42.0. The molecule has 0 unspecified atom stereocenters. The highest BCUT2D eigenvalue weighted by Gasteiger charge is 2.18. The number of ether oxygens (including phenoxy) is 4. The second-order valence-corrected chi connectivity index (χ2v) is 9.58. The van der Waals surface area contributed by atoms with Crippen molar-refractivity contribution < 1.29 is 42.1 Å². The highest BCUT2D eigenvalue weighted by molar-refractivity contribution is 7.51. The SMILES string of the molecule is NP(=O)(OCCCOC(=O)OCCCc1ccccc1)OCCCOC(=O)OCCCc1ccccc1. The van der Waals surface area contributed by atoms with E-state index < -0.39 is 20.1 Å². The van der Waals surface area contributed by atoms with Crippen LogP contribution in [0.5, 0.6) is 0 Å². The molecule has 0 atom stereocenters. The van der Waals surface area contributed by atoms with Crippen LogP contribution in [0.1, 0.15) is 36.8 Å². The Morgan fingerprint density at radius 3 is 1.30 bits per heavy atom. The lowest BCUT2D eigenvalue weighted by molar-refractivity contribution is 0.0501. The smallest absolute Gasteiger partial charge is 0.434 e. The summed E-state index contributed by atoms with van der Waals surface area (Å²) in [6, 6.07) is 19.8. The number of hydrogen-bond acceptors (Lipinski definition) is 9. The highest BCUT2D eigenvalue weighted by atomic mass is 31.2. The van der Waals surface area contributed by atoms with Crippen molar-refractivity contribution in [3.8, 4) is 0 Å². The van der Waals surface area contributed by atoms with E-state index in [4.69, 9.17) is 33.5 Å². The van der Waals surface area contributed by atoms with Crippen LogP contribution in [0.4, 0.5) is 9.59 Å². The van der Waals surface area contributed by atoms with Gasteiger partial charge >= 0.3 is 20.1 Å². The third-order valence-electron chi connectivity index (χ3n) is 4.90. The van der Waals surface area contributed by atoms with E-state index in [0.717, 1.165) is 12.8 Å². The van der Waals surface area contributed by atoms with Gasteiger partial charge in [-0.25, -0.2) is 19.7 Å². The predicted molar refractivity (Wildman–Crippen MR) is 137 cm³/mol. The molecule has 0 aliphatic carbocycles. The van der Waals surface area contributed by atoms with Crippen molar-refractivity contribution in [1.82, 2.24) is 0 Å². The second kappa shape index (κ2) is 18.4. The molecule has 2 N–H and O–H groups in total. The number of nitrogens with two attached hydrogens (primary N) is 1. The molecular weight excluding hydrogens is 501 g/mol. The Balaban J connectivity index is 1.39. The Hall–Kier alpha value is -2.91.